The van der Waals surface area contributed by atoms with Gasteiger partial charge < -0.3 is 10.6 Å². The van der Waals surface area contributed by atoms with Crippen molar-refractivity contribution >= 4 is 17.7 Å². The molecule has 2 N–H and O–H groups in total. The normalized spacial score (nSPS) is 22.0. The molecule has 0 amide bonds. The molecular formula is C20H34N4S. The van der Waals surface area contributed by atoms with Gasteiger partial charge in [0.25, 0.3) is 0 Å². The van der Waals surface area contributed by atoms with Crippen molar-refractivity contribution in [1.29, 1.82) is 0 Å². The highest BCUT2D eigenvalue weighted by molar-refractivity contribution is 7.98. The summed E-state index contributed by atoms with van der Waals surface area (Å²) in [6.45, 7) is 8.48. The van der Waals surface area contributed by atoms with Crippen molar-refractivity contribution in [3.05, 3.63) is 35.9 Å². The van der Waals surface area contributed by atoms with Crippen molar-refractivity contribution in [2.24, 2.45) is 4.99 Å². The van der Waals surface area contributed by atoms with Crippen LogP contribution in [0.1, 0.15) is 38.7 Å². The maximum absolute atomic E-state index is 4.72. The number of thioether (sulfide) groups is 1. The van der Waals surface area contributed by atoms with E-state index in [1.54, 1.807) is 0 Å². The Morgan fingerprint density at radius 2 is 2.12 bits per heavy atom. The molecule has 140 valence electrons. The highest BCUT2D eigenvalue weighted by Gasteiger charge is 2.25. The molecule has 1 heterocycles. The number of hydrogen-bond donors (Lipinski definition) is 2. The van der Waals surface area contributed by atoms with Crippen LogP contribution in [0, 0.1) is 0 Å². The second kappa shape index (κ2) is 11.4. The van der Waals surface area contributed by atoms with E-state index < -0.39 is 0 Å². The summed E-state index contributed by atoms with van der Waals surface area (Å²) in [6, 6.07) is 11.9. The molecule has 25 heavy (non-hydrogen) atoms. The van der Waals surface area contributed by atoms with Crippen LogP contribution in [0.5, 0.6) is 0 Å². The molecule has 0 bridgehead atoms. The lowest BCUT2D eigenvalue weighted by atomic mass is 9.97. The van der Waals surface area contributed by atoms with E-state index in [0.29, 0.717) is 12.1 Å². The van der Waals surface area contributed by atoms with Crippen LogP contribution in [-0.2, 0) is 6.54 Å². The maximum Gasteiger partial charge on any atom is 0.191 e. The Morgan fingerprint density at radius 3 is 2.80 bits per heavy atom. The van der Waals surface area contributed by atoms with Gasteiger partial charge in [0, 0.05) is 38.3 Å². The lowest BCUT2D eigenvalue weighted by molar-refractivity contribution is 0.134. The molecule has 0 saturated carbocycles. The Morgan fingerprint density at radius 1 is 1.32 bits per heavy atom. The molecule has 0 aromatic heterocycles. The topological polar surface area (TPSA) is 39.7 Å². The van der Waals surface area contributed by atoms with Gasteiger partial charge in [0.15, 0.2) is 5.96 Å². The third-order valence-electron chi connectivity index (χ3n) is 4.70. The van der Waals surface area contributed by atoms with E-state index in [-0.39, 0.29) is 0 Å². The first kappa shape index (κ1) is 20.1. The van der Waals surface area contributed by atoms with Crippen LogP contribution >= 0.6 is 11.8 Å². The van der Waals surface area contributed by atoms with Crippen LogP contribution in [0.3, 0.4) is 0 Å². The molecule has 1 saturated heterocycles. The van der Waals surface area contributed by atoms with Gasteiger partial charge in [-0.25, -0.2) is 0 Å². The Labute approximate surface area is 157 Å². The minimum atomic E-state index is 0.514. The molecular weight excluding hydrogens is 328 g/mol. The zero-order valence-electron chi connectivity index (χ0n) is 16.0. The summed E-state index contributed by atoms with van der Waals surface area (Å²) in [4.78, 5) is 7.32. The molecule has 4 nitrogen and oxygen atoms in total. The molecule has 0 radical (unpaired) electrons. The number of piperidine rings is 1. The van der Waals surface area contributed by atoms with Crippen LogP contribution in [0.25, 0.3) is 0 Å². The third-order valence-corrected chi connectivity index (χ3v) is 5.40. The quantitative estimate of drug-likeness (QED) is 0.423. The summed E-state index contributed by atoms with van der Waals surface area (Å²) in [6.07, 6.45) is 5.63. The highest BCUT2D eigenvalue weighted by atomic mass is 32.2. The van der Waals surface area contributed by atoms with Crippen LogP contribution in [0.4, 0.5) is 0 Å². The van der Waals surface area contributed by atoms with E-state index in [4.69, 9.17) is 4.99 Å². The van der Waals surface area contributed by atoms with Crippen molar-refractivity contribution in [3.8, 4) is 0 Å². The molecule has 0 aliphatic carbocycles. The number of likely N-dealkylation sites (tertiary alicyclic amines) is 1. The largest absolute Gasteiger partial charge is 0.357 e. The summed E-state index contributed by atoms with van der Waals surface area (Å²) in [5.74, 6) is 2.16. The first-order valence-electron chi connectivity index (χ1n) is 9.54. The Balaban J connectivity index is 1.81. The summed E-state index contributed by atoms with van der Waals surface area (Å²) in [7, 11) is 0. The predicted molar refractivity (Wildman–Crippen MR) is 111 cm³/mol. The Kier molecular flexibility index (Phi) is 9.19. The molecule has 1 aliphatic heterocycles. The molecule has 1 fully saturated rings. The molecule has 0 spiro atoms. The Hall–Kier alpha value is -1.20. The van der Waals surface area contributed by atoms with Gasteiger partial charge in [-0.15, -0.1) is 0 Å². The van der Waals surface area contributed by atoms with Crippen LogP contribution in [0.15, 0.2) is 35.3 Å². The van der Waals surface area contributed by atoms with Crippen molar-refractivity contribution < 1.29 is 0 Å². The van der Waals surface area contributed by atoms with Crippen molar-refractivity contribution in [1.82, 2.24) is 15.5 Å². The minimum absolute atomic E-state index is 0.514. The van der Waals surface area contributed by atoms with Crippen LogP contribution < -0.4 is 10.6 Å². The second-order valence-electron chi connectivity index (χ2n) is 6.78. The lowest BCUT2D eigenvalue weighted by Crippen LogP contribution is -2.51. The van der Waals surface area contributed by atoms with E-state index in [1.165, 1.54) is 24.2 Å². The van der Waals surface area contributed by atoms with E-state index >= 15 is 0 Å². The number of rotatable bonds is 8. The molecule has 1 aromatic carbocycles. The van der Waals surface area contributed by atoms with Gasteiger partial charge in [-0.1, -0.05) is 30.3 Å². The monoisotopic (exact) mass is 362 g/mol. The van der Waals surface area contributed by atoms with E-state index in [2.05, 4.69) is 66.0 Å². The molecule has 5 heteroatoms. The predicted octanol–water partition coefficient (Wildman–Crippen LogP) is 3.35. The summed E-state index contributed by atoms with van der Waals surface area (Å²) >= 11 is 1.89. The van der Waals surface area contributed by atoms with Gasteiger partial charge in [-0.2, -0.15) is 11.8 Å². The number of hydrogen-bond acceptors (Lipinski definition) is 3. The average molecular weight is 363 g/mol. The molecule has 2 atom stereocenters. The maximum atomic E-state index is 4.72. The molecule has 1 aromatic rings. The van der Waals surface area contributed by atoms with Crippen molar-refractivity contribution in [2.45, 2.75) is 51.7 Å². The molecule has 2 rings (SSSR count). The summed E-state index contributed by atoms with van der Waals surface area (Å²) in [5, 5.41) is 7.05. The van der Waals surface area contributed by atoms with E-state index in [9.17, 15) is 0 Å². The van der Waals surface area contributed by atoms with Gasteiger partial charge in [0.2, 0.25) is 0 Å². The smallest absolute Gasteiger partial charge is 0.191 e. The first-order chi connectivity index (χ1) is 12.2. The fraction of sp³-hybridized carbons (Fsp3) is 0.650. The SMILES string of the molecule is CCNC(=NCCCSC)NC1CCN(Cc2ccccc2)C(C)C1. The van der Waals surface area contributed by atoms with Gasteiger partial charge in [-0.05, 0) is 50.7 Å². The second-order valence-corrected chi connectivity index (χ2v) is 7.76. The highest BCUT2D eigenvalue weighted by Crippen LogP contribution is 2.19. The number of benzene rings is 1. The summed E-state index contributed by atoms with van der Waals surface area (Å²) in [5.41, 5.74) is 1.41. The lowest BCUT2D eigenvalue weighted by Gasteiger charge is -2.38. The van der Waals surface area contributed by atoms with Gasteiger partial charge in [0.1, 0.15) is 0 Å². The van der Waals surface area contributed by atoms with E-state index in [1.807, 2.05) is 11.8 Å². The number of aliphatic imine (C=N–C) groups is 1. The molecule has 2 unspecified atom stereocenters. The Bertz CT molecular complexity index is 506. The standard InChI is InChI=1S/C20H34N4S/c1-4-21-20(22-12-8-14-25-3)23-19-11-13-24(17(2)15-19)16-18-9-6-5-7-10-18/h5-7,9-10,17,19H,4,8,11-16H2,1-3H3,(H2,21,22,23). The fourth-order valence-electron chi connectivity index (χ4n) is 3.32. The zero-order chi connectivity index (χ0) is 17.9. The summed E-state index contributed by atoms with van der Waals surface area (Å²) < 4.78 is 0. The zero-order valence-corrected chi connectivity index (χ0v) is 16.8. The number of nitrogens with one attached hydrogen (secondary N) is 2. The average Bonchev–Trinajstić information content (AvgIpc) is 2.62. The van der Waals surface area contributed by atoms with Crippen molar-refractivity contribution in [2.75, 3.05) is 31.6 Å². The molecule has 1 aliphatic rings. The first-order valence-corrected chi connectivity index (χ1v) is 10.9. The third kappa shape index (κ3) is 7.28. The van der Waals surface area contributed by atoms with E-state index in [0.717, 1.165) is 38.6 Å². The van der Waals surface area contributed by atoms with Gasteiger partial charge >= 0.3 is 0 Å². The fourth-order valence-corrected chi connectivity index (χ4v) is 3.74. The van der Waals surface area contributed by atoms with Crippen molar-refractivity contribution in [3.63, 3.8) is 0 Å². The van der Waals surface area contributed by atoms with Gasteiger partial charge in [0.05, 0.1) is 0 Å². The number of guanidine groups is 1. The van der Waals surface area contributed by atoms with Crippen LogP contribution in [-0.4, -0.2) is 54.6 Å². The van der Waals surface area contributed by atoms with Crippen LogP contribution in [0.2, 0.25) is 0 Å². The number of nitrogens with zero attached hydrogens (tertiary/aromatic N) is 2. The minimum Gasteiger partial charge on any atom is -0.357 e. The van der Waals surface area contributed by atoms with Gasteiger partial charge in [-0.3, -0.25) is 9.89 Å².